The highest BCUT2D eigenvalue weighted by atomic mass is 16.6. The molecule has 0 aliphatic heterocycles. The zero-order chi connectivity index (χ0) is 25.6. The van der Waals surface area contributed by atoms with Gasteiger partial charge in [-0.1, -0.05) is 6.07 Å². The van der Waals surface area contributed by atoms with Crippen molar-refractivity contribution < 1.29 is 38.1 Å². The molecule has 1 aromatic carbocycles. The van der Waals surface area contributed by atoms with Crippen molar-refractivity contribution in [2.24, 2.45) is 16.6 Å². The summed E-state index contributed by atoms with van der Waals surface area (Å²) in [6.07, 6.45) is -0.581. The molecule has 0 amide bonds. The topological polar surface area (TPSA) is 131 Å². The van der Waals surface area contributed by atoms with Gasteiger partial charge in [0.05, 0.1) is 10.8 Å². The maximum absolute atomic E-state index is 12.4. The molecule has 1 rings (SSSR count). The van der Waals surface area contributed by atoms with Crippen LogP contribution >= 0.6 is 0 Å². The van der Waals surface area contributed by atoms with Gasteiger partial charge in [0.1, 0.15) is 18.8 Å². The van der Waals surface area contributed by atoms with E-state index in [-0.39, 0.29) is 24.5 Å². The van der Waals surface area contributed by atoms with Crippen molar-refractivity contribution in [3.8, 4) is 11.5 Å². The molecule has 0 radical (unpaired) electrons. The van der Waals surface area contributed by atoms with Crippen molar-refractivity contribution in [2.45, 2.75) is 74.0 Å². The van der Waals surface area contributed by atoms with Crippen LogP contribution < -0.4 is 15.2 Å². The number of rotatable bonds is 8. The highest BCUT2D eigenvalue weighted by Crippen LogP contribution is 2.33. The lowest BCUT2D eigenvalue weighted by molar-refractivity contribution is -0.157. The van der Waals surface area contributed by atoms with E-state index in [1.807, 2.05) is 0 Å². The average molecular weight is 466 g/mol. The van der Waals surface area contributed by atoms with Gasteiger partial charge in [0.2, 0.25) is 0 Å². The molecule has 184 valence electrons. The number of carbonyl (C=O) groups is 4. The first-order valence-electron chi connectivity index (χ1n) is 10.7. The molecule has 2 N–H and O–H groups in total. The largest absolute Gasteiger partial charge is 0.462 e. The van der Waals surface area contributed by atoms with E-state index in [1.165, 1.54) is 19.1 Å². The SMILES string of the molecule is CC(=O)OC[C@H](C)OC(=O)[C@@H](N)Cc1ccc(OC(=O)C(C)(C)C)c(OC(=O)C(C)(C)C)c1. The molecule has 0 saturated carbocycles. The van der Waals surface area contributed by atoms with E-state index in [1.54, 1.807) is 54.5 Å². The van der Waals surface area contributed by atoms with E-state index in [0.717, 1.165) is 0 Å². The molecular weight excluding hydrogens is 430 g/mol. The average Bonchev–Trinajstić information content (AvgIpc) is 2.66. The van der Waals surface area contributed by atoms with Crippen LogP contribution in [0.4, 0.5) is 0 Å². The van der Waals surface area contributed by atoms with Crippen LogP contribution in [0.3, 0.4) is 0 Å². The molecule has 0 aliphatic carbocycles. The summed E-state index contributed by atoms with van der Waals surface area (Å²) >= 11 is 0. The highest BCUT2D eigenvalue weighted by molar-refractivity contribution is 5.81. The summed E-state index contributed by atoms with van der Waals surface area (Å²) in [5.41, 5.74) is 4.99. The lowest BCUT2D eigenvalue weighted by Crippen LogP contribution is -2.37. The highest BCUT2D eigenvalue weighted by Gasteiger charge is 2.28. The van der Waals surface area contributed by atoms with E-state index >= 15 is 0 Å². The molecule has 9 nitrogen and oxygen atoms in total. The van der Waals surface area contributed by atoms with Crippen LogP contribution in [0.5, 0.6) is 11.5 Å². The van der Waals surface area contributed by atoms with Crippen molar-refractivity contribution in [3.05, 3.63) is 23.8 Å². The van der Waals surface area contributed by atoms with E-state index in [0.29, 0.717) is 5.56 Å². The second kappa shape index (κ2) is 11.3. The Balaban J connectivity index is 3.04. The Morgan fingerprint density at radius 3 is 1.91 bits per heavy atom. The van der Waals surface area contributed by atoms with E-state index in [9.17, 15) is 19.2 Å². The zero-order valence-electron chi connectivity index (χ0n) is 20.6. The van der Waals surface area contributed by atoms with Gasteiger partial charge in [0.15, 0.2) is 11.5 Å². The number of carbonyl (C=O) groups excluding carboxylic acids is 4. The van der Waals surface area contributed by atoms with Gasteiger partial charge in [0.25, 0.3) is 0 Å². The Bertz CT molecular complexity index is 879. The van der Waals surface area contributed by atoms with Gasteiger partial charge in [-0.15, -0.1) is 0 Å². The third-order valence-corrected chi connectivity index (χ3v) is 4.24. The molecular formula is C24H35NO8. The maximum atomic E-state index is 12.4. The first kappa shape index (κ1) is 28.1. The van der Waals surface area contributed by atoms with Gasteiger partial charge in [-0.3, -0.25) is 19.2 Å². The van der Waals surface area contributed by atoms with E-state index < -0.39 is 46.9 Å². The molecule has 0 bridgehead atoms. The van der Waals surface area contributed by atoms with Crippen molar-refractivity contribution >= 4 is 23.9 Å². The third-order valence-electron chi connectivity index (χ3n) is 4.24. The Kier molecular flexibility index (Phi) is 9.59. The van der Waals surface area contributed by atoms with Crippen molar-refractivity contribution in [1.29, 1.82) is 0 Å². The first-order chi connectivity index (χ1) is 15.0. The summed E-state index contributed by atoms with van der Waals surface area (Å²) in [4.78, 5) is 47.9. The summed E-state index contributed by atoms with van der Waals surface area (Å²) in [5, 5.41) is 0. The van der Waals surface area contributed by atoms with Gasteiger partial charge < -0.3 is 24.7 Å². The minimum atomic E-state index is -1.01. The number of hydrogen-bond acceptors (Lipinski definition) is 9. The maximum Gasteiger partial charge on any atom is 0.323 e. The summed E-state index contributed by atoms with van der Waals surface area (Å²) in [5.74, 6) is -2.03. The van der Waals surface area contributed by atoms with Crippen LogP contribution in [0.2, 0.25) is 0 Å². The fourth-order valence-corrected chi connectivity index (χ4v) is 2.24. The van der Waals surface area contributed by atoms with Gasteiger partial charge in [0, 0.05) is 6.92 Å². The molecule has 0 heterocycles. The van der Waals surface area contributed by atoms with Crippen LogP contribution in [-0.4, -0.2) is 42.6 Å². The molecule has 0 unspecified atom stereocenters. The molecule has 0 aliphatic rings. The number of nitrogens with two attached hydrogens (primary N) is 1. The van der Waals surface area contributed by atoms with Crippen LogP contribution in [-0.2, 0) is 35.1 Å². The standard InChI is InChI=1S/C24H35NO8/c1-14(13-30-15(2)26)31-20(27)17(25)11-16-9-10-18(32-21(28)23(3,4)5)19(12-16)33-22(29)24(6,7)8/h9-10,12,14,17H,11,13,25H2,1-8H3/t14-,17-/m0/s1. The Morgan fingerprint density at radius 2 is 1.42 bits per heavy atom. The van der Waals surface area contributed by atoms with E-state index in [4.69, 9.17) is 24.7 Å². The minimum absolute atomic E-state index is 0.0498. The summed E-state index contributed by atoms with van der Waals surface area (Å²) in [6, 6.07) is 3.60. The van der Waals surface area contributed by atoms with Crippen molar-refractivity contribution in [3.63, 3.8) is 0 Å². The van der Waals surface area contributed by atoms with Crippen LogP contribution in [0, 0.1) is 10.8 Å². The predicted octanol–water partition coefficient (Wildman–Crippen LogP) is 2.95. The van der Waals surface area contributed by atoms with Crippen LogP contribution in [0.15, 0.2) is 18.2 Å². The fourth-order valence-electron chi connectivity index (χ4n) is 2.24. The lowest BCUT2D eigenvalue weighted by Gasteiger charge is -2.21. The number of ether oxygens (including phenoxy) is 4. The molecule has 1 aromatic rings. The molecule has 2 atom stereocenters. The van der Waals surface area contributed by atoms with Gasteiger partial charge in [-0.25, -0.2) is 0 Å². The summed E-state index contributed by atoms with van der Waals surface area (Å²) < 4.78 is 20.9. The van der Waals surface area contributed by atoms with E-state index in [2.05, 4.69) is 0 Å². The summed E-state index contributed by atoms with van der Waals surface area (Å²) in [7, 11) is 0. The number of esters is 4. The van der Waals surface area contributed by atoms with Crippen LogP contribution in [0.1, 0.15) is 61.0 Å². The Labute approximate surface area is 194 Å². The monoisotopic (exact) mass is 465 g/mol. The van der Waals surface area contributed by atoms with Crippen molar-refractivity contribution in [2.75, 3.05) is 6.61 Å². The van der Waals surface area contributed by atoms with Crippen LogP contribution in [0.25, 0.3) is 0 Å². The first-order valence-corrected chi connectivity index (χ1v) is 10.7. The quantitative estimate of drug-likeness (QED) is 0.454. The number of hydrogen-bond donors (Lipinski definition) is 1. The summed E-state index contributed by atoms with van der Waals surface area (Å²) in [6.45, 7) is 13.0. The predicted molar refractivity (Wildman–Crippen MR) is 120 cm³/mol. The molecule has 33 heavy (non-hydrogen) atoms. The molecule has 0 spiro atoms. The third kappa shape index (κ3) is 9.61. The van der Waals surface area contributed by atoms with Gasteiger partial charge >= 0.3 is 23.9 Å². The molecule has 0 fully saturated rings. The normalized spacial score (nSPS) is 13.5. The lowest BCUT2D eigenvalue weighted by atomic mass is 9.97. The van der Waals surface area contributed by atoms with Crippen molar-refractivity contribution in [1.82, 2.24) is 0 Å². The Hall–Kier alpha value is -2.94. The van der Waals surface area contributed by atoms with Gasteiger partial charge in [-0.05, 0) is 72.6 Å². The fraction of sp³-hybridized carbons (Fsp3) is 0.583. The molecule has 0 aromatic heterocycles. The van der Waals surface area contributed by atoms with Gasteiger partial charge in [-0.2, -0.15) is 0 Å². The smallest absolute Gasteiger partial charge is 0.323 e. The molecule has 0 saturated heterocycles. The zero-order valence-corrected chi connectivity index (χ0v) is 20.6. The Morgan fingerprint density at radius 1 is 0.909 bits per heavy atom. The minimum Gasteiger partial charge on any atom is -0.462 e. The second-order valence-electron chi connectivity index (χ2n) is 9.92. The number of benzene rings is 1. The second-order valence-corrected chi connectivity index (χ2v) is 9.92. The molecule has 9 heteroatoms.